The van der Waals surface area contributed by atoms with Crippen LogP contribution in [0.25, 0.3) is 0 Å². The standard InChI is InChI=1S/C11H21N3O2.ClH/c1-2-5-13-10(15)8-14-11(16)9-3-6-12-7-4-9;/h9,12H,2-8H2,1H3,(H,13,15)(H,14,16);1H. The average Bonchev–Trinajstić information content (AvgIpc) is 2.34. The summed E-state index contributed by atoms with van der Waals surface area (Å²) in [5, 5.41) is 8.61. The Morgan fingerprint density at radius 1 is 1.24 bits per heavy atom. The van der Waals surface area contributed by atoms with Gasteiger partial charge in [0, 0.05) is 12.5 Å². The number of carbonyl (C=O) groups excluding carboxylic acids is 2. The summed E-state index contributed by atoms with van der Waals surface area (Å²) < 4.78 is 0. The van der Waals surface area contributed by atoms with Crippen molar-refractivity contribution in [3.8, 4) is 0 Å². The highest BCUT2D eigenvalue weighted by Gasteiger charge is 2.20. The fraction of sp³-hybridized carbons (Fsp3) is 0.818. The van der Waals surface area contributed by atoms with Gasteiger partial charge in [0.05, 0.1) is 6.54 Å². The van der Waals surface area contributed by atoms with Crippen LogP contribution in [0.1, 0.15) is 26.2 Å². The molecule has 1 saturated heterocycles. The molecule has 1 aliphatic rings. The normalized spacial score (nSPS) is 15.8. The Bertz CT molecular complexity index is 243. The third kappa shape index (κ3) is 6.48. The van der Waals surface area contributed by atoms with Crippen LogP contribution in [0.3, 0.4) is 0 Å². The molecule has 1 aliphatic heterocycles. The number of halogens is 1. The van der Waals surface area contributed by atoms with Crippen molar-refractivity contribution in [1.82, 2.24) is 16.0 Å². The zero-order valence-electron chi connectivity index (χ0n) is 10.3. The number of amides is 2. The molecule has 0 radical (unpaired) electrons. The van der Waals surface area contributed by atoms with E-state index in [-0.39, 0.29) is 36.7 Å². The van der Waals surface area contributed by atoms with Crippen LogP contribution in [0.5, 0.6) is 0 Å². The lowest BCUT2D eigenvalue weighted by molar-refractivity contribution is -0.129. The lowest BCUT2D eigenvalue weighted by Gasteiger charge is -2.21. The number of hydrogen-bond donors (Lipinski definition) is 3. The highest BCUT2D eigenvalue weighted by atomic mass is 35.5. The quantitative estimate of drug-likeness (QED) is 0.657. The molecule has 0 aliphatic carbocycles. The molecule has 0 aromatic carbocycles. The summed E-state index contributed by atoms with van der Waals surface area (Å²) in [6.45, 7) is 4.54. The average molecular weight is 264 g/mol. The fourth-order valence-electron chi connectivity index (χ4n) is 1.72. The molecule has 0 saturated carbocycles. The Labute approximate surface area is 109 Å². The molecule has 2 amide bonds. The molecule has 3 N–H and O–H groups in total. The Balaban J connectivity index is 0.00000256. The molecule has 17 heavy (non-hydrogen) atoms. The van der Waals surface area contributed by atoms with Gasteiger partial charge < -0.3 is 16.0 Å². The molecule has 0 unspecified atom stereocenters. The maximum absolute atomic E-state index is 11.7. The van der Waals surface area contributed by atoms with Crippen molar-refractivity contribution in [2.75, 3.05) is 26.2 Å². The predicted molar refractivity (Wildman–Crippen MR) is 69.2 cm³/mol. The highest BCUT2D eigenvalue weighted by Crippen LogP contribution is 2.10. The second-order valence-electron chi connectivity index (χ2n) is 4.09. The van der Waals surface area contributed by atoms with Gasteiger partial charge in [-0.1, -0.05) is 6.92 Å². The largest absolute Gasteiger partial charge is 0.355 e. The number of carbonyl (C=O) groups is 2. The van der Waals surface area contributed by atoms with Gasteiger partial charge in [0.15, 0.2) is 0 Å². The van der Waals surface area contributed by atoms with E-state index >= 15 is 0 Å². The van der Waals surface area contributed by atoms with E-state index in [2.05, 4.69) is 16.0 Å². The van der Waals surface area contributed by atoms with Gasteiger partial charge in [0.25, 0.3) is 0 Å². The maximum atomic E-state index is 11.7. The van der Waals surface area contributed by atoms with Crippen LogP contribution < -0.4 is 16.0 Å². The van der Waals surface area contributed by atoms with Crippen LogP contribution in [0.4, 0.5) is 0 Å². The van der Waals surface area contributed by atoms with Gasteiger partial charge in [-0.3, -0.25) is 9.59 Å². The molecule has 0 bridgehead atoms. The molecule has 0 aromatic heterocycles. The van der Waals surface area contributed by atoms with Gasteiger partial charge in [-0.2, -0.15) is 0 Å². The van der Waals surface area contributed by atoms with Gasteiger partial charge in [0.1, 0.15) is 0 Å². The zero-order valence-corrected chi connectivity index (χ0v) is 11.1. The monoisotopic (exact) mass is 263 g/mol. The van der Waals surface area contributed by atoms with E-state index in [9.17, 15) is 9.59 Å². The van der Waals surface area contributed by atoms with Crippen LogP contribution in [0.2, 0.25) is 0 Å². The second kappa shape index (κ2) is 9.24. The van der Waals surface area contributed by atoms with Crippen molar-refractivity contribution in [2.45, 2.75) is 26.2 Å². The topological polar surface area (TPSA) is 70.2 Å². The first-order valence-corrected chi connectivity index (χ1v) is 5.99. The maximum Gasteiger partial charge on any atom is 0.239 e. The summed E-state index contributed by atoms with van der Waals surface area (Å²) in [5.41, 5.74) is 0. The molecule has 1 heterocycles. The van der Waals surface area contributed by atoms with Crippen molar-refractivity contribution >= 4 is 24.2 Å². The number of nitrogens with one attached hydrogen (secondary N) is 3. The minimum atomic E-state index is -0.107. The summed E-state index contributed by atoms with van der Waals surface area (Å²) in [6.07, 6.45) is 2.64. The minimum Gasteiger partial charge on any atom is -0.355 e. The van der Waals surface area contributed by atoms with Crippen molar-refractivity contribution in [2.24, 2.45) is 5.92 Å². The summed E-state index contributed by atoms with van der Waals surface area (Å²) in [7, 11) is 0. The number of hydrogen-bond acceptors (Lipinski definition) is 3. The Morgan fingerprint density at radius 2 is 1.88 bits per heavy atom. The second-order valence-corrected chi connectivity index (χ2v) is 4.09. The van der Waals surface area contributed by atoms with Gasteiger partial charge in [-0.15, -0.1) is 12.4 Å². The van der Waals surface area contributed by atoms with Gasteiger partial charge in [-0.05, 0) is 32.4 Å². The molecule has 1 fully saturated rings. The van der Waals surface area contributed by atoms with Crippen LogP contribution in [-0.4, -0.2) is 38.0 Å². The predicted octanol–water partition coefficient (Wildman–Crippen LogP) is 0.0502. The van der Waals surface area contributed by atoms with Crippen molar-refractivity contribution < 1.29 is 9.59 Å². The third-order valence-electron chi connectivity index (χ3n) is 2.71. The molecule has 0 aromatic rings. The highest BCUT2D eigenvalue weighted by molar-refractivity contribution is 5.86. The SMILES string of the molecule is CCCNC(=O)CNC(=O)C1CCNCC1.Cl. The van der Waals surface area contributed by atoms with E-state index in [0.717, 1.165) is 32.4 Å². The van der Waals surface area contributed by atoms with Crippen molar-refractivity contribution in [3.05, 3.63) is 0 Å². The molecule has 6 heteroatoms. The van der Waals surface area contributed by atoms with Crippen LogP contribution in [-0.2, 0) is 9.59 Å². The Hall–Kier alpha value is -0.810. The summed E-state index contributed by atoms with van der Waals surface area (Å²) in [5.74, 6) is -0.0301. The molecule has 100 valence electrons. The van der Waals surface area contributed by atoms with E-state index in [4.69, 9.17) is 0 Å². The first kappa shape index (κ1) is 16.2. The van der Waals surface area contributed by atoms with Crippen molar-refractivity contribution in [3.63, 3.8) is 0 Å². The fourth-order valence-corrected chi connectivity index (χ4v) is 1.72. The smallest absolute Gasteiger partial charge is 0.239 e. The van der Waals surface area contributed by atoms with Crippen LogP contribution >= 0.6 is 12.4 Å². The molecule has 0 atom stereocenters. The molecular formula is C11H22ClN3O2. The van der Waals surface area contributed by atoms with Crippen LogP contribution in [0, 0.1) is 5.92 Å². The van der Waals surface area contributed by atoms with Crippen molar-refractivity contribution in [1.29, 1.82) is 0 Å². The molecule has 5 nitrogen and oxygen atoms in total. The number of rotatable bonds is 5. The van der Waals surface area contributed by atoms with Crippen LogP contribution in [0.15, 0.2) is 0 Å². The molecule has 1 rings (SSSR count). The van der Waals surface area contributed by atoms with Gasteiger partial charge in [-0.25, -0.2) is 0 Å². The van der Waals surface area contributed by atoms with Gasteiger partial charge >= 0.3 is 0 Å². The van der Waals surface area contributed by atoms with E-state index in [1.54, 1.807) is 0 Å². The van der Waals surface area contributed by atoms with Gasteiger partial charge in [0.2, 0.25) is 11.8 Å². The minimum absolute atomic E-state index is 0. The Kier molecular flexibility index (Phi) is 8.80. The zero-order chi connectivity index (χ0) is 11.8. The first-order valence-electron chi connectivity index (χ1n) is 5.99. The van der Waals surface area contributed by atoms with E-state index < -0.39 is 0 Å². The first-order chi connectivity index (χ1) is 7.74. The van der Waals surface area contributed by atoms with E-state index in [1.807, 2.05) is 6.92 Å². The molecule has 0 spiro atoms. The number of piperidine rings is 1. The molecular weight excluding hydrogens is 242 g/mol. The lowest BCUT2D eigenvalue weighted by Crippen LogP contribution is -2.42. The lowest BCUT2D eigenvalue weighted by atomic mass is 9.97. The summed E-state index contributed by atoms with van der Waals surface area (Å²) in [4.78, 5) is 22.9. The summed E-state index contributed by atoms with van der Waals surface area (Å²) in [6, 6.07) is 0. The van der Waals surface area contributed by atoms with E-state index in [1.165, 1.54) is 0 Å². The summed E-state index contributed by atoms with van der Waals surface area (Å²) >= 11 is 0. The third-order valence-corrected chi connectivity index (χ3v) is 2.71. The Morgan fingerprint density at radius 3 is 2.47 bits per heavy atom. The van der Waals surface area contributed by atoms with E-state index in [0.29, 0.717) is 6.54 Å².